The molecular formula is C32H40N6O4. The smallest absolute Gasteiger partial charge is 0.297 e. The lowest BCUT2D eigenvalue weighted by atomic mass is 10.0. The molecule has 0 bridgehead atoms. The van der Waals surface area contributed by atoms with Crippen LogP contribution in [0.3, 0.4) is 0 Å². The average molecular weight is 573 g/mol. The number of β-amino-alcohol motifs (C(OH)–C–C–N with tert-alkyl or cyclic N) is 1. The van der Waals surface area contributed by atoms with E-state index >= 15 is 0 Å². The SMILES string of the molecule is Cc1ccc(C(=O)NC2CC2)cc1-n1ccnc(NC2(c3ccccc3OCCN3CCN(CCO)CC3)CC2)c1=O. The summed E-state index contributed by atoms with van der Waals surface area (Å²) in [4.78, 5) is 35.5. The van der Waals surface area contributed by atoms with E-state index in [0.717, 1.165) is 81.8 Å². The second kappa shape index (κ2) is 12.2. The van der Waals surface area contributed by atoms with Crippen LogP contribution in [0.1, 0.15) is 47.2 Å². The molecule has 0 spiro atoms. The lowest BCUT2D eigenvalue weighted by Crippen LogP contribution is -2.48. The van der Waals surface area contributed by atoms with Crippen LogP contribution in [0.5, 0.6) is 5.75 Å². The predicted molar refractivity (Wildman–Crippen MR) is 161 cm³/mol. The number of benzene rings is 2. The highest BCUT2D eigenvalue weighted by atomic mass is 16.5. The van der Waals surface area contributed by atoms with Gasteiger partial charge in [0.2, 0.25) is 0 Å². The van der Waals surface area contributed by atoms with Gasteiger partial charge in [-0.15, -0.1) is 0 Å². The molecule has 10 heteroatoms. The quantitative estimate of drug-likeness (QED) is 0.304. The fraction of sp³-hybridized carbons (Fsp3) is 0.469. The Kier molecular flexibility index (Phi) is 8.28. The first-order valence-electron chi connectivity index (χ1n) is 15.0. The molecule has 42 heavy (non-hydrogen) atoms. The van der Waals surface area contributed by atoms with Gasteiger partial charge >= 0.3 is 0 Å². The number of rotatable bonds is 12. The van der Waals surface area contributed by atoms with Crippen molar-refractivity contribution < 1.29 is 14.6 Å². The Hall–Kier alpha value is -3.73. The van der Waals surface area contributed by atoms with Gasteiger partial charge in [0.05, 0.1) is 17.8 Å². The Morgan fingerprint density at radius 3 is 2.52 bits per heavy atom. The molecule has 2 aromatic carbocycles. The number of nitrogens with zero attached hydrogens (tertiary/aromatic N) is 4. The molecular weight excluding hydrogens is 532 g/mol. The summed E-state index contributed by atoms with van der Waals surface area (Å²) in [5.74, 6) is 0.984. The van der Waals surface area contributed by atoms with Gasteiger partial charge < -0.3 is 20.5 Å². The first-order chi connectivity index (χ1) is 20.5. The van der Waals surface area contributed by atoms with E-state index in [0.29, 0.717) is 17.9 Å². The molecule has 1 amide bonds. The number of hydrogen-bond donors (Lipinski definition) is 3. The third kappa shape index (κ3) is 6.35. The highest BCUT2D eigenvalue weighted by Gasteiger charge is 2.47. The highest BCUT2D eigenvalue weighted by Crippen LogP contribution is 2.50. The molecule has 3 fully saturated rings. The molecule has 222 valence electrons. The van der Waals surface area contributed by atoms with Gasteiger partial charge in [0.25, 0.3) is 11.5 Å². The summed E-state index contributed by atoms with van der Waals surface area (Å²) in [5, 5.41) is 15.7. The Labute approximate surface area is 246 Å². The van der Waals surface area contributed by atoms with Gasteiger partial charge in [-0.2, -0.15) is 0 Å². The molecule has 10 nitrogen and oxygen atoms in total. The van der Waals surface area contributed by atoms with Crippen molar-refractivity contribution in [2.45, 2.75) is 44.2 Å². The van der Waals surface area contributed by atoms with Crippen molar-refractivity contribution in [3.05, 3.63) is 81.9 Å². The number of aromatic nitrogens is 2. The minimum Gasteiger partial charge on any atom is -0.492 e. The second-order valence-electron chi connectivity index (χ2n) is 11.7. The van der Waals surface area contributed by atoms with Gasteiger partial charge in [-0.3, -0.25) is 24.0 Å². The Bertz CT molecular complexity index is 1470. The van der Waals surface area contributed by atoms with Gasteiger partial charge in [-0.1, -0.05) is 24.3 Å². The Morgan fingerprint density at radius 2 is 1.81 bits per heavy atom. The first-order valence-corrected chi connectivity index (χ1v) is 15.0. The number of carbonyl (C=O) groups excluding carboxylic acids is 1. The van der Waals surface area contributed by atoms with Crippen LogP contribution in [-0.2, 0) is 5.54 Å². The van der Waals surface area contributed by atoms with Crippen LogP contribution in [0, 0.1) is 6.92 Å². The number of aryl methyl sites for hydroxylation is 1. The topological polar surface area (TPSA) is 112 Å². The standard InChI is InChI=1S/C32H40N6O4/c1-23-6-7-24(30(40)34-25-8-9-25)22-27(23)38-13-12-33-29(31(38)41)35-32(10-11-32)26-4-2-3-5-28(26)42-21-19-37-16-14-36(15-17-37)18-20-39/h2-7,12-13,22,25,39H,8-11,14-21H2,1H3,(H,33,35)(H,34,40). The van der Waals surface area contributed by atoms with E-state index in [1.165, 1.54) is 0 Å². The summed E-state index contributed by atoms with van der Waals surface area (Å²) in [6.45, 7) is 8.14. The molecule has 2 aliphatic carbocycles. The maximum Gasteiger partial charge on any atom is 0.297 e. The van der Waals surface area contributed by atoms with Gasteiger partial charge in [0, 0.05) is 68.8 Å². The number of piperazine rings is 1. The van der Waals surface area contributed by atoms with Gasteiger partial charge in [0.15, 0.2) is 5.82 Å². The van der Waals surface area contributed by atoms with Crippen molar-refractivity contribution in [2.75, 3.05) is 57.8 Å². The third-order valence-corrected chi connectivity index (χ3v) is 8.54. The van der Waals surface area contributed by atoms with Gasteiger partial charge in [-0.05, 0) is 56.4 Å². The number of aliphatic hydroxyl groups excluding tert-OH is 1. The summed E-state index contributed by atoms with van der Waals surface area (Å²) < 4.78 is 7.87. The van der Waals surface area contributed by atoms with E-state index in [4.69, 9.17) is 4.74 Å². The van der Waals surface area contributed by atoms with Crippen molar-refractivity contribution in [2.24, 2.45) is 0 Å². The van der Waals surface area contributed by atoms with Crippen molar-refractivity contribution in [1.29, 1.82) is 0 Å². The number of carbonyl (C=O) groups is 1. The van der Waals surface area contributed by atoms with Crippen molar-refractivity contribution >= 4 is 11.7 Å². The number of aliphatic hydroxyl groups is 1. The largest absolute Gasteiger partial charge is 0.492 e. The van der Waals surface area contributed by atoms with Crippen molar-refractivity contribution in [3.63, 3.8) is 0 Å². The number of para-hydroxylation sites is 1. The lowest BCUT2D eigenvalue weighted by molar-refractivity contribution is 0.0951. The number of nitrogens with one attached hydrogen (secondary N) is 2. The number of ether oxygens (including phenoxy) is 1. The molecule has 2 saturated carbocycles. The van der Waals surface area contributed by atoms with E-state index in [2.05, 4.69) is 31.5 Å². The van der Waals surface area contributed by atoms with E-state index in [1.54, 1.807) is 29.1 Å². The average Bonchev–Trinajstić information content (AvgIpc) is 3.94. The van der Waals surface area contributed by atoms with Crippen LogP contribution in [0.25, 0.3) is 5.69 Å². The summed E-state index contributed by atoms with van der Waals surface area (Å²) in [6, 6.07) is 13.8. The summed E-state index contributed by atoms with van der Waals surface area (Å²) in [6.07, 6.45) is 7.04. The normalized spacial score (nSPS) is 18.4. The molecule has 3 N–H and O–H groups in total. The summed E-state index contributed by atoms with van der Waals surface area (Å²) in [7, 11) is 0. The Morgan fingerprint density at radius 1 is 1.07 bits per heavy atom. The van der Waals surface area contributed by atoms with Crippen LogP contribution in [0.4, 0.5) is 5.82 Å². The zero-order valence-corrected chi connectivity index (χ0v) is 24.2. The van der Waals surface area contributed by atoms with Crippen molar-refractivity contribution in [3.8, 4) is 11.4 Å². The van der Waals surface area contributed by atoms with Crippen LogP contribution >= 0.6 is 0 Å². The monoisotopic (exact) mass is 572 g/mol. The molecule has 3 aliphatic rings. The first kappa shape index (κ1) is 28.4. The lowest BCUT2D eigenvalue weighted by Gasteiger charge is -2.34. The van der Waals surface area contributed by atoms with Crippen LogP contribution in [-0.4, -0.2) is 88.9 Å². The van der Waals surface area contributed by atoms with E-state index in [9.17, 15) is 14.7 Å². The summed E-state index contributed by atoms with van der Waals surface area (Å²) in [5.41, 5.74) is 2.46. The minimum atomic E-state index is -0.418. The molecule has 1 aliphatic heterocycles. The molecule has 6 rings (SSSR count). The predicted octanol–water partition coefficient (Wildman–Crippen LogP) is 2.52. The Balaban J connectivity index is 1.16. The van der Waals surface area contributed by atoms with E-state index in [1.807, 2.05) is 31.2 Å². The van der Waals surface area contributed by atoms with Crippen LogP contribution < -0.4 is 20.9 Å². The molecule has 2 heterocycles. The highest BCUT2D eigenvalue weighted by molar-refractivity contribution is 5.95. The second-order valence-corrected chi connectivity index (χ2v) is 11.7. The molecule has 0 atom stereocenters. The fourth-order valence-electron chi connectivity index (χ4n) is 5.66. The maximum atomic E-state index is 13.7. The zero-order chi connectivity index (χ0) is 29.1. The maximum absolute atomic E-state index is 13.7. The zero-order valence-electron chi connectivity index (χ0n) is 24.2. The van der Waals surface area contributed by atoms with E-state index in [-0.39, 0.29) is 29.9 Å². The van der Waals surface area contributed by atoms with Crippen LogP contribution in [0.2, 0.25) is 0 Å². The minimum absolute atomic E-state index is 0.114. The molecule has 1 saturated heterocycles. The molecule has 1 aromatic heterocycles. The fourth-order valence-corrected chi connectivity index (χ4v) is 5.66. The van der Waals surface area contributed by atoms with Gasteiger partial charge in [0.1, 0.15) is 12.4 Å². The molecule has 0 unspecified atom stereocenters. The number of amides is 1. The molecule has 3 aromatic rings. The molecule has 0 radical (unpaired) electrons. The van der Waals surface area contributed by atoms with Crippen LogP contribution in [0.15, 0.2) is 59.7 Å². The number of hydrogen-bond acceptors (Lipinski definition) is 8. The summed E-state index contributed by atoms with van der Waals surface area (Å²) >= 11 is 0. The van der Waals surface area contributed by atoms with E-state index < -0.39 is 5.54 Å². The van der Waals surface area contributed by atoms with Crippen molar-refractivity contribution in [1.82, 2.24) is 24.7 Å². The number of anilines is 1. The third-order valence-electron chi connectivity index (χ3n) is 8.54. The van der Waals surface area contributed by atoms with Gasteiger partial charge in [-0.25, -0.2) is 4.98 Å².